The Morgan fingerprint density at radius 1 is 1.07 bits per heavy atom. The van der Waals surface area contributed by atoms with Crippen LogP contribution >= 0.6 is 11.6 Å². The number of carbonyl (C=O) groups excluding carboxylic acids is 3. The fraction of sp³-hybridized carbons (Fsp3) is 0.300. The van der Waals surface area contributed by atoms with Gasteiger partial charge in [-0.3, -0.25) is 19.3 Å². The van der Waals surface area contributed by atoms with E-state index in [9.17, 15) is 19.2 Å². The van der Waals surface area contributed by atoms with E-state index >= 15 is 0 Å². The lowest BCUT2D eigenvalue weighted by Crippen LogP contribution is -2.56. The van der Waals surface area contributed by atoms with Gasteiger partial charge in [0.1, 0.15) is 11.1 Å². The van der Waals surface area contributed by atoms with Crippen molar-refractivity contribution in [3.8, 4) is 0 Å². The van der Waals surface area contributed by atoms with Gasteiger partial charge in [-0.1, -0.05) is 23.7 Å². The highest BCUT2D eigenvalue weighted by Gasteiger charge is 2.52. The normalized spacial score (nSPS) is 18.2. The van der Waals surface area contributed by atoms with Crippen LogP contribution in [-0.4, -0.2) is 51.3 Å². The number of urea groups is 1. The Balaban J connectivity index is 1.45. The zero-order chi connectivity index (χ0) is 20.6. The molecule has 2 aromatic rings. The Morgan fingerprint density at radius 2 is 1.76 bits per heavy atom. The molecule has 0 radical (unpaired) electrons. The molecule has 2 aliphatic rings. The lowest BCUT2D eigenvalue weighted by molar-refractivity contribution is -0.133. The minimum absolute atomic E-state index is 0.0644. The highest BCUT2D eigenvalue weighted by Crippen LogP contribution is 2.31. The summed E-state index contributed by atoms with van der Waals surface area (Å²) in [6, 6.07) is 9.58. The summed E-state index contributed by atoms with van der Waals surface area (Å²) in [5.41, 5.74) is -0.596. The highest BCUT2D eigenvalue weighted by molar-refractivity contribution is 6.30. The molecule has 2 fully saturated rings. The van der Waals surface area contributed by atoms with E-state index in [1.54, 1.807) is 30.3 Å². The van der Waals surface area contributed by atoms with Gasteiger partial charge in [-0.05, 0) is 42.7 Å². The number of rotatable bonds is 3. The Bertz CT molecular complexity index is 1030. The largest absolute Gasteiger partial charge is 0.338 e. The van der Waals surface area contributed by atoms with Gasteiger partial charge in [-0.25, -0.2) is 4.79 Å². The highest BCUT2D eigenvalue weighted by atomic mass is 35.5. The van der Waals surface area contributed by atoms with Crippen molar-refractivity contribution in [1.29, 1.82) is 0 Å². The number of hydrogen-bond donors (Lipinski definition) is 2. The minimum Gasteiger partial charge on any atom is -0.338 e. The predicted octanol–water partition coefficient (Wildman–Crippen LogP) is 1.76. The first-order valence-electron chi connectivity index (χ1n) is 9.25. The number of aromatic amines is 1. The van der Waals surface area contributed by atoms with Crippen molar-refractivity contribution >= 4 is 29.4 Å². The van der Waals surface area contributed by atoms with Crippen LogP contribution in [0.4, 0.5) is 4.79 Å². The summed E-state index contributed by atoms with van der Waals surface area (Å²) in [5, 5.41) is 3.40. The van der Waals surface area contributed by atoms with Gasteiger partial charge in [0.05, 0.1) is 6.54 Å². The quantitative estimate of drug-likeness (QED) is 0.747. The molecule has 0 aliphatic carbocycles. The first-order valence-corrected chi connectivity index (χ1v) is 9.63. The second-order valence-corrected chi connectivity index (χ2v) is 7.67. The van der Waals surface area contributed by atoms with Crippen LogP contribution in [0.3, 0.4) is 0 Å². The minimum atomic E-state index is -1.01. The third-order valence-corrected chi connectivity index (χ3v) is 5.70. The number of H-pyrrole nitrogens is 1. The molecule has 0 unspecified atom stereocenters. The molecule has 0 saturated carbocycles. The molecule has 2 aliphatic heterocycles. The standard InChI is InChI=1S/C20H19ClN4O4/c21-14-5-3-13(4-6-14)12-25-18(28)20(23-19(25)29)7-10-24(11-8-20)17(27)15-2-1-9-22-16(15)26/h1-6,9H,7-8,10-12H2,(H,22,26)(H,23,29). The zero-order valence-electron chi connectivity index (χ0n) is 15.5. The zero-order valence-corrected chi connectivity index (χ0v) is 16.2. The fourth-order valence-electron chi connectivity index (χ4n) is 3.78. The van der Waals surface area contributed by atoms with Crippen molar-refractivity contribution in [2.75, 3.05) is 13.1 Å². The molecule has 9 heteroatoms. The van der Waals surface area contributed by atoms with Gasteiger partial charge in [-0.2, -0.15) is 0 Å². The number of benzene rings is 1. The summed E-state index contributed by atoms with van der Waals surface area (Å²) in [7, 11) is 0. The van der Waals surface area contributed by atoms with Gasteiger partial charge in [-0.15, -0.1) is 0 Å². The molecule has 1 aromatic carbocycles. The second kappa shape index (κ2) is 7.36. The number of hydrogen-bond acceptors (Lipinski definition) is 4. The van der Waals surface area contributed by atoms with E-state index in [4.69, 9.17) is 11.6 Å². The van der Waals surface area contributed by atoms with E-state index in [-0.39, 0.29) is 37.0 Å². The molecule has 4 amide bonds. The molecule has 0 bridgehead atoms. The van der Waals surface area contributed by atoms with Crippen LogP contribution in [0, 0.1) is 0 Å². The molecule has 29 heavy (non-hydrogen) atoms. The number of aromatic nitrogens is 1. The Morgan fingerprint density at radius 3 is 2.41 bits per heavy atom. The van der Waals surface area contributed by atoms with Crippen LogP contribution in [0.15, 0.2) is 47.4 Å². The molecule has 1 aromatic heterocycles. The molecule has 2 saturated heterocycles. The maximum Gasteiger partial charge on any atom is 0.325 e. The van der Waals surface area contributed by atoms with Crippen LogP contribution in [0.25, 0.3) is 0 Å². The van der Waals surface area contributed by atoms with E-state index in [1.165, 1.54) is 22.1 Å². The van der Waals surface area contributed by atoms with E-state index in [2.05, 4.69) is 10.3 Å². The van der Waals surface area contributed by atoms with Crippen molar-refractivity contribution in [2.24, 2.45) is 0 Å². The number of amides is 4. The average Bonchev–Trinajstić information content (AvgIpc) is 2.94. The van der Waals surface area contributed by atoms with Crippen molar-refractivity contribution in [2.45, 2.75) is 24.9 Å². The van der Waals surface area contributed by atoms with Crippen molar-refractivity contribution in [3.63, 3.8) is 0 Å². The van der Waals surface area contributed by atoms with Gasteiger partial charge >= 0.3 is 6.03 Å². The molecular weight excluding hydrogens is 396 g/mol. The number of halogens is 1. The van der Waals surface area contributed by atoms with Crippen LogP contribution in [0.5, 0.6) is 0 Å². The summed E-state index contributed by atoms with van der Waals surface area (Å²) in [6.07, 6.45) is 2.06. The lowest BCUT2D eigenvalue weighted by atomic mass is 9.87. The van der Waals surface area contributed by atoms with Gasteiger partial charge in [0, 0.05) is 24.3 Å². The number of nitrogens with zero attached hydrogens (tertiary/aromatic N) is 2. The van der Waals surface area contributed by atoms with Gasteiger partial charge in [0.2, 0.25) is 0 Å². The lowest BCUT2D eigenvalue weighted by Gasteiger charge is -2.37. The first kappa shape index (κ1) is 19.2. The number of likely N-dealkylation sites (tertiary alicyclic amines) is 1. The Hall–Kier alpha value is -3.13. The van der Waals surface area contributed by atoms with Crippen LogP contribution in [-0.2, 0) is 11.3 Å². The maximum atomic E-state index is 13.0. The molecule has 1 spiro atoms. The smallest absolute Gasteiger partial charge is 0.325 e. The summed E-state index contributed by atoms with van der Waals surface area (Å²) in [5.74, 6) is -0.668. The number of carbonyl (C=O) groups is 3. The second-order valence-electron chi connectivity index (χ2n) is 7.24. The predicted molar refractivity (Wildman–Crippen MR) is 105 cm³/mol. The monoisotopic (exact) mass is 414 g/mol. The topological polar surface area (TPSA) is 103 Å². The van der Waals surface area contributed by atoms with Gasteiger partial charge < -0.3 is 15.2 Å². The fourth-order valence-corrected chi connectivity index (χ4v) is 3.91. The van der Waals surface area contributed by atoms with Gasteiger partial charge in [0.15, 0.2) is 0 Å². The maximum absolute atomic E-state index is 13.0. The van der Waals surface area contributed by atoms with Crippen LogP contribution in [0.1, 0.15) is 28.8 Å². The molecule has 150 valence electrons. The first-order chi connectivity index (χ1) is 13.9. The van der Waals surface area contributed by atoms with Crippen LogP contribution in [0.2, 0.25) is 5.02 Å². The summed E-state index contributed by atoms with van der Waals surface area (Å²) in [6.45, 7) is 0.702. The average molecular weight is 415 g/mol. The van der Waals surface area contributed by atoms with Crippen molar-refractivity contribution in [1.82, 2.24) is 20.1 Å². The van der Waals surface area contributed by atoms with E-state index in [0.29, 0.717) is 17.9 Å². The molecular formula is C20H19ClN4O4. The molecule has 8 nitrogen and oxygen atoms in total. The third kappa shape index (κ3) is 3.51. The van der Waals surface area contributed by atoms with E-state index in [0.717, 1.165) is 5.56 Å². The third-order valence-electron chi connectivity index (χ3n) is 5.45. The SMILES string of the molecule is O=C(c1ccc[nH]c1=O)N1CCC2(CC1)NC(=O)N(Cc1ccc(Cl)cc1)C2=O. The molecule has 0 atom stereocenters. The number of pyridine rings is 1. The number of piperidine rings is 1. The molecule has 3 heterocycles. The summed E-state index contributed by atoms with van der Waals surface area (Å²) >= 11 is 5.88. The van der Waals surface area contributed by atoms with E-state index in [1.807, 2.05) is 0 Å². The summed E-state index contributed by atoms with van der Waals surface area (Å²) < 4.78 is 0. The van der Waals surface area contributed by atoms with Crippen molar-refractivity contribution in [3.05, 3.63) is 69.1 Å². The number of imide groups is 1. The molecule has 2 N–H and O–H groups in total. The Kier molecular flexibility index (Phi) is 4.87. The number of nitrogens with one attached hydrogen (secondary N) is 2. The molecule has 4 rings (SSSR count). The van der Waals surface area contributed by atoms with E-state index < -0.39 is 17.1 Å². The Labute approximate surface area is 171 Å². The van der Waals surface area contributed by atoms with Crippen LogP contribution < -0.4 is 10.9 Å². The van der Waals surface area contributed by atoms with Gasteiger partial charge in [0.25, 0.3) is 17.4 Å². The summed E-state index contributed by atoms with van der Waals surface area (Å²) in [4.78, 5) is 55.2. The van der Waals surface area contributed by atoms with Crippen molar-refractivity contribution < 1.29 is 14.4 Å².